The molecule has 1 aromatic carbocycles. The van der Waals surface area contributed by atoms with E-state index < -0.39 is 0 Å². The zero-order chi connectivity index (χ0) is 11.4. The van der Waals surface area contributed by atoms with Crippen LogP contribution in [-0.2, 0) is 12.4 Å². The Morgan fingerprint density at radius 2 is 2.19 bits per heavy atom. The quantitative estimate of drug-likeness (QED) is 0.847. The minimum absolute atomic E-state index is 0.255. The fraction of sp³-hybridized carbons (Fsp3) is 0.182. The van der Waals surface area contributed by atoms with Crippen molar-refractivity contribution in [2.75, 3.05) is 0 Å². The Morgan fingerprint density at radius 3 is 2.88 bits per heavy atom. The summed E-state index contributed by atoms with van der Waals surface area (Å²) >= 11 is 5.67. The van der Waals surface area contributed by atoms with Crippen molar-refractivity contribution in [1.82, 2.24) is 4.98 Å². The summed E-state index contributed by atoms with van der Waals surface area (Å²) in [6.07, 6.45) is 1.76. The summed E-state index contributed by atoms with van der Waals surface area (Å²) in [7, 11) is 0. The molecule has 0 aliphatic heterocycles. The van der Waals surface area contributed by atoms with Gasteiger partial charge in [0.05, 0.1) is 0 Å². The zero-order valence-electron chi connectivity index (χ0n) is 8.39. The van der Waals surface area contributed by atoms with Gasteiger partial charge in [-0.1, -0.05) is 12.1 Å². The summed E-state index contributed by atoms with van der Waals surface area (Å²) in [4.78, 5) is 5.23. The summed E-state index contributed by atoms with van der Waals surface area (Å²) in [5.74, 6) is 0.566. The molecule has 84 valence electrons. The molecule has 0 N–H and O–H groups in total. The van der Waals surface area contributed by atoms with Gasteiger partial charge < -0.3 is 4.74 Å². The number of hydrogen-bond donors (Lipinski definition) is 1. The second-order valence-corrected chi connectivity index (χ2v) is 4.61. The average molecular weight is 255 g/mol. The first-order chi connectivity index (χ1) is 7.79. The van der Waals surface area contributed by atoms with E-state index >= 15 is 0 Å². The van der Waals surface area contributed by atoms with Gasteiger partial charge in [0.1, 0.15) is 11.6 Å². The Labute approximate surface area is 103 Å². The van der Waals surface area contributed by atoms with Crippen LogP contribution in [-0.4, -0.2) is 4.98 Å². The molecular weight excluding hydrogens is 245 g/mol. The number of rotatable bonds is 4. The zero-order valence-corrected chi connectivity index (χ0v) is 10.1. The number of ether oxygens (including phenoxy) is 1. The van der Waals surface area contributed by atoms with Gasteiger partial charge in [-0.15, -0.1) is 11.3 Å². The highest BCUT2D eigenvalue weighted by molar-refractivity contribution is 7.79. The lowest BCUT2D eigenvalue weighted by Crippen LogP contribution is -1.96. The molecule has 0 aliphatic carbocycles. The largest absolute Gasteiger partial charge is 0.483 e. The number of halogens is 1. The third-order valence-corrected chi connectivity index (χ3v) is 3.47. The lowest BCUT2D eigenvalue weighted by molar-refractivity contribution is 0.290. The maximum absolute atomic E-state index is 13.2. The SMILES string of the molecule is Fc1ccccc1OCc1ncc(CS)s1. The van der Waals surface area contributed by atoms with Crippen LogP contribution in [0, 0.1) is 5.82 Å². The van der Waals surface area contributed by atoms with Crippen molar-refractivity contribution >= 4 is 24.0 Å². The van der Waals surface area contributed by atoms with Crippen molar-refractivity contribution in [2.45, 2.75) is 12.4 Å². The number of thiol groups is 1. The normalized spacial score (nSPS) is 10.4. The number of aromatic nitrogens is 1. The molecule has 2 rings (SSSR count). The highest BCUT2D eigenvalue weighted by Crippen LogP contribution is 2.19. The molecule has 1 heterocycles. The van der Waals surface area contributed by atoms with E-state index in [9.17, 15) is 4.39 Å². The summed E-state index contributed by atoms with van der Waals surface area (Å²) in [6.45, 7) is 0.291. The van der Waals surface area contributed by atoms with Gasteiger partial charge in [-0.3, -0.25) is 0 Å². The van der Waals surface area contributed by atoms with Gasteiger partial charge in [-0.2, -0.15) is 12.6 Å². The van der Waals surface area contributed by atoms with Gasteiger partial charge in [0, 0.05) is 16.8 Å². The molecule has 0 amide bonds. The minimum Gasteiger partial charge on any atom is -0.483 e. The first-order valence-electron chi connectivity index (χ1n) is 4.71. The van der Waals surface area contributed by atoms with Gasteiger partial charge in [0.2, 0.25) is 0 Å². The van der Waals surface area contributed by atoms with Crippen molar-refractivity contribution in [2.24, 2.45) is 0 Å². The molecule has 0 atom stereocenters. The van der Waals surface area contributed by atoms with E-state index in [1.165, 1.54) is 17.4 Å². The molecule has 5 heteroatoms. The lowest BCUT2D eigenvalue weighted by atomic mass is 10.3. The predicted molar refractivity (Wildman–Crippen MR) is 65.5 cm³/mol. The molecule has 0 radical (unpaired) electrons. The van der Waals surface area contributed by atoms with Gasteiger partial charge in [0.25, 0.3) is 0 Å². The van der Waals surface area contributed by atoms with Crippen LogP contribution in [0.5, 0.6) is 5.75 Å². The standard InChI is InChI=1S/C11H10FNOS2/c12-9-3-1-2-4-10(9)14-6-11-13-5-8(7-15)16-11/h1-5,15H,6-7H2. The fourth-order valence-electron chi connectivity index (χ4n) is 1.19. The van der Waals surface area contributed by atoms with Crippen molar-refractivity contribution in [3.05, 3.63) is 46.2 Å². The van der Waals surface area contributed by atoms with E-state index in [0.29, 0.717) is 12.4 Å². The Bertz CT molecular complexity index is 473. The summed E-state index contributed by atoms with van der Waals surface area (Å²) in [5.41, 5.74) is 0. The third-order valence-electron chi connectivity index (χ3n) is 1.95. The van der Waals surface area contributed by atoms with Crippen molar-refractivity contribution in [3.8, 4) is 5.75 Å². The second-order valence-electron chi connectivity index (χ2n) is 3.10. The highest BCUT2D eigenvalue weighted by atomic mass is 32.1. The summed E-state index contributed by atoms with van der Waals surface area (Å²) in [5, 5.41) is 0.826. The molecule has 0 saturated heterocycles. The molecule has 0 saturated carbocycles. The van der Waals surface area contributed by atoms with E-state index in [0.717, 1.165) is 9.88 Å². The predicted octanol–water partition coefficient (Wildman–Crippen LogP) is 3.29. The van der Waals surface area contributed by atoms with Crippen molar-refractivity contribution in [1.29, 1.82) is 0 Å². The van der Waals surface area contributed by atoms with Crippen LogP contribution in [0.15, 0.2) is 30.5 Å². The van der Waals surface area contributed by atoms with E-state index in [1.807, 2.05) is 0 Å². The Hall–Kier alpha value is -1.07. The van der Waals surface area contributed by atoms with Crippen LogP contribution in [0.25, 0.3) is 0 Å². The summed E-state index contributed by atoms with van der Waals surface area (Å²) < 4.78 is 18.5. The van der Waals surface area contributed by atoms with Crippen LogP contribution in [0.2, 0.25) is 0 Å². The summed E-state index contributed by atoms with van der Waals surface area (Å²) in [6, 6.07) is 6.34. The number of benzene rings is 1. The monoisotopic (exact) mass is 255 g/mol. The van der Waals surface area contributed by atoms with Crippen LogP contribution >= 0.6 is 24.0 Å². The van der Waals surface area contributed by atoms with Crippen LogP contribution < -0.4 is 4.74 Å². The molecule has 0 bridgehead atoms. The minimum atomic E-state index is -0.353. The molecule has 0 aliphatic rings. The lowest BCUT2D eigenvalue weighted by Gasteiger charge is -2.04. The van der Waals surface area contributed by atoms with Gasteiger partial charge in [-0.25, -0.2) is 9.37 Å². The van der Waals surface area contributed by atoms with Crippen LogP contribution in [0.1, 0.15) is 9.88 Å². The second kappa shape index (κ2) is 5.32. The molecule has 0 fully saturated rings. The maximum atomic E-state index is 13.2. The molecule has 0 unspecified atom stereocenters. The molecule has 1 aromatic heterocycles. The van der Waals surface area contributed by atoms with Crippen LogP contribution in [0.4, 0.5) is 4.39 Å². The smallest absolute Gasteiger partial charge is 0.165 e. The maximum Gasteiger partial charge on any atom is 0.165 e. The number of nitrogens with zero attached hydrogens (tertiary/aromatic N) is 1. The van der Waals surface area contributed by atoms with E-state index in [1.54, 1.807) is 24.4 Å². The van der Waals surface area contributed by atoms with Gasteiger partial charge >= 0.3 is 0 Å². The van der Waals surface area contributed by atoms with Crippen molar-refractivity contribution < 1.29 is 9.13 Å². The molecule has 0 spiro atoms. The molecule has 2 aromatic rings. The van der Waals surface area contributed by atoms with Crippen LogP contribution in [0.3, 0.4) is 0 Å². The molecule has 16 heavy (non-hydrogen) atoms. The number of para-hydroxylation sites is 1. The van der Waals surface area contributed by atoms with E-state index in [2.05, 4.69) is 17.6 Å². The van der Waals surface area contributed by atoms with Gasteiger partial charge in [0.15, 0.2) is 11.6 Å². The van der Waals surface area contributed by atoms with E-state index in [4.69, 9.17) is 4.74 Å². The van der Waals surface area contributed by atoms with Gasteiger partial charge in [-0.05, 0) is 12.1 Å². The Morgan fingerprint density at radius 1 is 1.38 bits per heavy atom. The molecular formula is C11H10FNOS2. The number of hydrogen-bond acceptors (Lipinski definition) is 4. The first kappa shape index (κ1) is 11.4. The number of thiazole rings is 1. The highest BCUT2D eigenvalue weighted by Gasteiger charge is 2.04. The molecule has 2 nitrogen and oxygen atoms in total. The first-order valence-corrected chi connectivity index (χ1v) is 6.16. The van der Waals surface area contributed by atoms with E-state index in [-0.39, 0.29) is 11.6 Å². The Balaban J connectivity index is 1.99. The topological polar surface area (TPSA) is 22.1 Å². The average Bonchev–Trinajstić information content (AvgIpc) is 2.76. The third kappa shape index (κ3) is 2.74. The Kier molecular flexibility index (Phi) is 3.79. The fourth-order valence-corrected chi connectivity index (χ4v) is 2.16. The van der Waals surface area contributed by atoms with Crippen molar-refractivity contribution in [3.63, 3.8) is 0 Å².